The molecule has 4 rings (SSSR count). The molecule has 1 fully saturated rings. The number of carbonyl (C=O) groups excluding carboxylic acids is 1. The second-order valence-corrected chi connectivity index (χ2v) is 8.29. The van der Waals surface area contributed by atoms with Gasteiger partial charge < -0.3 is 5.32 Å². The molecule has 0 bridgehead atoms. The third kappa shape index (κ3) is 3.22. The number of hydrogen-bond acceptors (Lipinski definition) is 4. The lowest BCUT2D eigenvalue weighted by atomic mass is 10.1. The van der Waals surface area contributed by atoms with Crippen molar-refractivity contribution in [3.8, 4) is 0 Å². The smallest absolute Gasteiger partial charge is 0.263 e. The van der Waals surface area contributed by atoms with Gasteiger partial charge in [0.05, 0.1) is 10.9 Å². The van der Waals surface area contributed by atoms with E-state index < -0.39 is 10.0 Å². The molecule has 1 aliphatic carbocycles. The Morgan fingerprint density at radius 3 is 2.54 bits per heavy atom. The van der Waals surface area contributed by atoms with Crippen molar-refractivity contribution >= 4 is 27.5 Å². The first kappa shape index (κ1) is 16.8. The molecule has 2 aromatic rings. The van der Waals surface area contributed by atoms with Crippen molar-refractivity contribution < 1.29 is 13.2 Å². The van der Waals surface area contributed by atoms with Crippen molar-refractivity contribution in [2.45, 2.75) is 30.7 Å². The van der Waals surface area contributed by atoms with Crippen LogP contribution in [0.2, 0.25) is 0 Å². The van der Waals surface area contributed by atoms with Crippen LogP contribution in [0.3, 0.4) is 0 Å². The summed E-state index contributed by atoms with van der Waals surface area (Å²) < 4.78 is 26.8. The molecule has 1 saturated carbocycles. The number of aliphatic imine (C=N–C) groups is 1. The molecule has 0 saturated heterocycles. The Bertz CT molecular complexity index is 993. The lowest BCUT2D eigenvalue weighted by Crippen LogP contribution is -2.22. The minimum Gasteiger partial charge on any atom is -0.326 e. The summed E-state index contributed by atoms with van der Waals surface area (Å²) in [6, 6.07) is 14.1. The standard InChI is InChI=1S/C19H19N3O3S/c1-12(13-8-10-15(11-9-13)21-19(23)14-6-7-14)20-18-16-4-2-3-5-17(16)26(24,25)22-18/h2-5,8-12,14H,6-7H2,1H3,(H,20,22)(H,21,23)/t12-/m1/s1. The highest BCUT2D eigenvalue weighted by atomic mass is 32.2. The number of benzene rings is 2. The number of fused-ring (bicyclic) bond motifs is 1. The Balaban J connectivity index is 1.54. The van der Waals surface area contributed by atoms with Crippen molar-refractivity contribution in [1.29, 1.82) is 0 Å². The summed E-state index contributed by atoms with van der Waals surface area (Å²) in [5.74, 6) is 0.595. The van der Waals surface area contributed by atoms with E-state index in [1.165, 1.54) is 0 Å². The van der Waals surface area contributed by atoms with E-state index >= 15 is 0 Å². The highest BCUT2D eigenvalue weighted by molar-refractivity contribution is 7.90. The molecule has 0 aromatic heterocycles. The van der Waals surface area contributed by atoms with E-state index in [-0.39, 0.29) is 22.8 Å². The number of hydrogen-bond donors (Lipinski definition) is 2. The SMILES string of the molecule is C[C@@H](N=C1NS(=O)(=O)c2ccccc21)c1ccc(NC(=O)C2CC2)cc1. The minimum atomic E-state index is -3.53. The maximum Gasteiger partial charge on any atom is 0.263 e. The van der Waals surface area contributed by atoms with Crippen LogP contribution in [0.4, 0.5) is 5.69 Å². The van der Waals surface area contributed by atoms with Gasteiger partial charge in [-0.15, -0.1) is 0 Å². The van der Waals surface area contributed by atoms with Crippen molar-refractivity contribution in [1.82, 2.24) is 4.72 Å². The Hall–Kier alpha value is -2.67. The predicted octanol–water partition coefficient (Wildman–Crippen LogP) is 2.83. The first-order valence-corrected chi connectivity index (χ1v) is 10.0. The van der Waals surface area contributed by atoms with Crippen molar-refractivity contribution in [3.05, 3.63) is 59.7 Å². The first-order valence-electron chi connectivity index (χ1n) is 8.55. The third-order valence-corrected chi connectivity index (χ3v) is 5.99. The van der Waals surface area contributed by atoms with Gasteiger partial charge in [0.25, 0.3) is 10.0 Å². The van der Waals surface area contributed by atoms with Crippen LogP contribution in [-0.4, -0.2) is 20.2 Å². The topological polar surface area (TPSA) is 87.6 Å². The molecule has 2 aliphatic rings. The molecule has 0 radical (unpaired) electrons. The van der Waals surface area contributed by atoms with Crippen LogP contribution in [0.5, 0.6) is 0 Å². The van der Waals surface area contributed by atoms with E-state index in [1.807, 2.05) is 31.2 Å². The molecule has 0 spiro atoms. The Labute approximate surface area is 152 Å². The minimum absolute atomic E-state index is 0.0722. The van der Waals surface area contributed by atoms with Gasteiger partial charge in [-0.05, 0) is 49.6 Å². The van der Waals surface area contributed by atoms with Crippen LogP contribution in [0.1, 0.15) is 36.9 Å². The van der Waals surface area contributed by atoms with Crippen molar-refractivity contribution in [2.24, 2.45) is 10.9 Å². The average molecular weight is 369 g/mol. The third-order valence-electron chi connectivity index (χ3n) is 4.59. The fourth-order valence-electron chi connectivity index (χ4n) is 2.93. The second-order valence-electron chi connectivity index (χ2n) is 6.64. The number of nitrogens with zero attached hydrogens (tertiary/aromatic N) is 1. The van der Waals surface area contributed by atoms with Gasteiger partial charge in [-0.1, -0.05) is 24.3 Å². The fraction of sp³-hybridized carbons (Fsp3) is 0.263. The van der Waals surface area contributed by atoms with E-state index in [0.717, 1.165) is 24.1 Å². The number of carbonyl (C=O) groups is 1. The van der Waals surface area contributed by atoms with Gasteiger partial charge >= 0.3 is 0 Å². The molecular weight excluding hydrogens is 350 g/mol. The maximum absolute atomic E-state index is 12.2. The van der Waals surface area contributed by atoms with E-state index in [4.69, 9.17) is 0 Å². The summed E-state index contributed by atoms with van der Waals surface area (Å²) in [5, 5.41) is 2.90. The van der Waals surface area contributed by atoms with Crippen molar-refractivity contribution in [2.75, 3.05) is 5.32 Å². The van der Waals surface area contributed by atoms with Gasteiger partial charge in [-0.25, -0.2) is 8.42 Å². The summed E-state index contributed by atoms with van der Waals surface area (Å²) in [7, 11) is -3.53. The lowest BCUT2D eigenvalue weighted by Gasteiger charge is -2.10. The van der Waals surface area contributed by atoms with Crippen LogP contribution in [0, 0.1) is 5.92 Å². The summed E-state index contributed by atoms with van der Waals surface area (Å²) in [5.41, 5.74) is 2.29. The van der Waals surface area contributed by atoms with E-state index in [0.29, 0.717) is 11.4 Å². The largest absolute Gasteiger partial charge is 0.326 e. The van der Waals surface area contributed by atoms with Crippen LogP contribution in [0.15, 0.2) is 58.4 Å². The zero-order valence-corrected chi connectivity index (χ0v) is 15.1. The molecule has 26 heavy (non-hydrogen) atoms. The monoisotopic (exact) mass is 369 g/mol. The molecule has 1 heterocycles. The van der Waals surface area contributed by atoms with Gasteiger partial charge in [0.2, 0.25) is 5.91 Å². The van der Waals surface area contributed by atoms with Crippen LogP contribution in [-0.2, 0) is 14.8 Å². The molecule has 134 valence electrons. The zero-order chi connectivity index (χ0) is 18.3. The molecule has 0 unspecified atom stereocenters. The highest BCUT2D eigenvalue weighted by Crippen LogP contribution is 2.30. The Morgan fingerprint density at radius 2 is 1.85 bits per heavy atom. The highest BCUT2D eigenvalue weighted by Gasteiger charge is 2.31. The predicted molar refractivity (Wildman–Crippen MR) is 99.5 cm³/mol. The number of anilines is 1. The number of amides is 1. The summed E-state index contributed by atoms with van der Waals surface area (Å²) in [6.45, 7) is 1.90. The fourth-order valence-corrected chi connectivity index (χ4v) is 4.17. The van der Waals surface area contributed by atoms with E-state index in [9.17, 15) is 13.2 Å². The molecule has 1 atom stereocenters. The van der Waals surface area contributed by atoms with Crippen LogP contribution >= 0.6 is 0 Å². The van der Waals surface area contributed by atoms with Gasteiger partial charge in [0.15, 0.2) is 0 Å². The molecular formula is C19H19N3O3S. The van der Waals surface area contributed by atoms with Gasteiger partial charge in [-0.3, -0.25) is 14.5 Å². The number of sulfonamides is 1. The summed E-state index contributed by atoms with van der Waals surface area (Å²) in [4.78, 5) is 16.6. The second kappa shape index (κ2) is 6.25. The average Bonchev–Trinajstić information content (AvgIpc) is 3.43. The number of amidine groups is 1. The quantitative estimate of drug-likeness (QED) is 0.869. The Morgan fingerprint density at radius 1 is 1.15 bits per heavy atom. The molecule has 2 N–H and O–H groups in total. The summed E-state index contributed by atoms with van der Waals surface area (Å²) >= 11 is 0. The lowest BCUT2D eigenvalue weighted by molar-refractivity contribution is -0.117. The van der Waals surface area contributed by atoms with Crippen molar-refractivity contribution in [3.63, 3.8) is 0 Å². The molecule has 1 amide bonds. The molecule has 7 heteroatoms. The van der Waals surface area contributed by atoms with Gasteiger partial charge in [0.1, 0.15) is 5.84 Å². The Kier molecular flexibility index (Phi) is 4.03. The van der Waals surface area contributed by atoms with E-state index in [1.54, 1.807) is 24.3 Å². The van der Waals surface area contributed by atoms with Gasteiger partial charge in [0, 0.05) is 17.2 Å². The summed E-state index contributed by atoms with van der Waals surface area (Å²) in [6.07, 6.45) is 1.94. The molecule has 6 nitrogen and oxygen atoms in total. The van der Waals surface area contributed by atoms with Crippen LogP contribution < -0.4 is 10.0 Å². The number of rotatable bonds is 4. The molecule has 2 aromatic carbocycles. The zero-order valence-electron chi connectivity index (χ0n) is 14.3. The number of nitrogens with one attached hydrogen (secondary N) is 2. The first-order chi connectivity index (χ1) is 12.4. The normalized spacial score (nSPS) is 20.3. The molecule has 1 aliphatic heterocycles. The maximum atomic E-state index is 12.2. The van der Waals surface area contributed by atoms with Crippen LogP contribution in [0.25, 0.3) is 0 Å². The van der Waals surface area contributed by atoms with Gasteiger partial charge in [-0.2, -0.15) is 0 Å². The van der Waals surface area contributed by atoms with E-state index in [2.05, 4.69) is 15.0 Å².